The average Bonchev–Trinajstić information content (AvgIpc) is 3.34. The van der Waals surface area contributed by atoms with E-state index in [2.05, 4.69) is 240 Å². The van der Waals surface area contributed by atoms with Crippen molar-refractivity contribution < 1.29 is 9.47 Å². The highest BCUT2D eigenvalue weighted by Gasteiger charge is 2.30. The molecule has 10 aromatic rings. The van der Waals surface area contributed by atoms with E-state index in [1.165, 1.54) is 0 Å². The lowest BCUT2D eigenvalue weighted by Crippen LogP contribution is -2.12. The molecule has 2 aliphatic rings. The molecule has 0 saturated heterocycles. The Labute approximate surface area is 360 Å². The van der Waals surface area contributed by atoms with Crippen LogP contribution in [0.25, 0.3) is 55.3 Å². The zero-order valence-corrected chi connectivity index (χ0v) is 33.7. The standard InChI is InChI=1S/C58H38N2O2/c1-5-17-39(18-6-1)45-25-13-15-27-51(45)59(41-21-9-3-10-22-41)43-29-31-47-49-33-36-54-58-50(34-35-53(57(49)58)61-55(47)37-43)48-32-30-44(38-56(48)62-54)60(42-23-11-4-12-24-42)52-28-16-14-26-46(52)40-19-7-2-8-20-40/h1-38H. The van der Waals surface area contributed by atoms with Crippen molar-refractivity contribution in [3.63, 3.8) is 0 Å². The van der Waals surface area contributed by atoms with E-state index in [-0.39, 0.29) is 0 Å². The predicted molar refractivity (Wildman–Crippen MR) is 255 cm³/mol. The summed E-state index contributed by atoms with van der Waals surface area (Å²) in [6, 6.07) is 81.2. The lowest BCUT2D eigenvalue weighted by atomic mass is 9.88. The van der Waals surface area contributed by atoms with Crippen LogP contribution in [0.4, 0.5) is 34.1 Å². The average molecular weight is 795 g/mol. The summed E-state index contributed by atoms with van der Waals surface area (Å²) < 4.78 is 13.8. The van der Waals surface area contributed by atoms with E-state index in [0.717, 1.165) is 112 Å². The smallest absolute Gasteiger partial charge is 0.137 e. The molecule has 10 aromatic carbocycles. The summed E-state index contributed by atoms with van der Waals surface area (Å²) in [7, 11) is 0. The molecule has 4 heteroatoms. The molecule has 0 fully saturated rings. The van der Waals surface area contributed by atoms with Crippen molar-refractivity contribution in [3.8, 4) is 67.5 Å². The molecule has 0 bridgehead atoms. The monoisotopic (exact) mass is 794 g/mol. The SMILES string of the molecule is c1ccc(-c2ccccc2N(c2ccccc2)c2ccc3c(c2)Oc2ccc4c5c(ccc-3c25)Oc2cc(N(c3ccccc3)c3ccccc3-c3ccccc3)ccc2-4)cc1. The number of nitrogens with zero attached hydrogens (tertiary/aromatic N) is 2. The Bertz CT molecular complexity index is 3070. The van der Waals surface area contributed by atoms with Gasteiger partial charge in [0.25, 0.3) is 0 Å². The van der Waals surface area contributed by atoms with Gasteiger partial charge in [0, 0.05) is 67.9 Å². The van der Waals surface area contributed by atoms with Gasteiger partial charge in [-0.25, -0.2) is 0 Å². The van der Waals surface area contributed by atoms with Crippen LogP contribution in [0.1, 0.15) is 0 Å². The van der Waals surface area contributed by atoms with E-state index in [0.29, 0.717) is 0 Å². The van der Waals surface area contributed by atoms with Crippen molar-refractivity contribution in [1.29, 1.82) is 0 Å². The first-order valence-corrected chi connectivity index (χ1v) is 21.0. The Morgan fingerprint density at radius 2 is 0.597 bits per heavy atom. The van der Waals surface area contributed by atoms with Crippen LogP contribution >= 0.6 is 0 Å². The molecule has 0 aliphatic carbocycles. The van der Waals surface area contributed by atoms with Crippen molar-refractivity contribution in [2.45, 2.75) is 0 Å². The summed E-state index contributed by atoms with van der Waals surface area (Å²) in [4.78, 5) is 4.64. The first-order chi connectivity index (χ1) is 30.8. The fourth-order valence-corrected chi connectivity index (χ4v) is 9.27. The molecule has 0 unspecified atom stereocenters. The molecular weight excluding hydrogens is 757 g/mol. The summed E-state index contributed by atoms with van der Waals surface area (Å²) in [5, 5.41) is 2.12. The zero-order valence-electron chi connectivity index (χ0n) is 33.7. The van der Waals surface area contributed by atoms with Crippen LogP contribution in [-0.4, -0.2) is 0 Å². The van der Waals surface area contributed by atoms with Crippen LogP contribution in [0.15, 0.2) is 231 Å². The third-order valence-corrected chi connectivity index (χ3v) is 12.0. The number of hydrogen-bond acceptors (Lipinski definition) is 4. The van der Waals surface area contributed by atoms with Gasteiger partial charge in [0.2, 0.25) is 0 Å². The van der Waals surface area contributed by atoms with Gasteiger partial charge in [-0.2, -0.15) is 0 Å². The molecular formula is C58H38N2O2. The molecule has 0 atom stereocenters. The van der Waals surface area contributed by atoms with Gasteiger partial charge in [-0.15, -0.1) is 0 Å². The maximum Gasteiger partial charge on any atom is 0.137 e. The highest BCUT2D eigenvalue weighted by molar-refractivity contribution is 6.14. The topological polar surface area (TPSA) is 24.9 Å². The van der Waals surface area contributed by atoms with Gasteiger partial charge >= 0.3 is 0 Å². The first-order valence-electron chi connectivity index (χ1n) is 21.0. The molecule has 2 heterocycles. The van der Waals surface area contributed by atoms with Crippen molar-refractivity contribution in [2.24, 2.45) is 0 Å². The number of hydrogen-bond donors (Lipinski definition) is 0. The van der Waals surface area contributed by atoms with Gasteiger partial charge in [-0.3, -0.25) is 0 Å². The molecule has 0 N–H and O–H groups in total. The van der Waals surface area contributed by atoms with E-state index in [9.17, 15) is 0 Å². The Kier molecular flexibility index (Phi) is 8.46. The fourth-order valence-electron chi connectivity index (χ4n) is 9.27. The van der Waals surface area contributed by atoms with Crippen molar-refractivity contribution in [3.05, 3.63) is 231 Å². The largest absolute Gasteiger partial charge is 0.456 e. The van der Waals surface area contributed by atoms with E-state index < -0.39 is 0 Å². The van der Waals surface area contributed by atoms with Crippen molar-refractivity contribution in [2.75, 3.05) is 9.80 Å². The maximum atomic E-state index is 6.90. The molecule has 12 rings (SSSR count). The normalized spacial score (nSPS) is 11.8. The molecule has 4 nitrogen and oxygen atoms in total. The van der Waals surface area contributed by atoms with Gasteiger partial charge in [0.15, 0.2) is 0 Å². The van der Waals surface area contributed by atoms with Crippen LogP contribution in [-0.2, 0) is 0 Å². The summed E-state index contributed by atoms with van der Waals surface area (Å²) in [5.74, 6) is 3.26. The number of ether oxygens (including phenoxy) is 2. The highest BCUT2D eigenvalue weighted by Crippen LogP contribution is 2.57. The molecule has 0 spiro atoms. The van der Waals surface area contributed by atoms with E-state index >= 15 is 0 Å². The van der Waals surface area contributed by atoms with Gasteiger partial charge in [-0.05, 0) is 107 Å². The molecule has 62 heavy (non-hydrogen) atoms. The third-order valence-electron chi connectivity index (χ3n) is 12.0. The molecule has 0 radical (unpaired) electrons. The van der Waals surface area contributed by atoms with E-state index in [4.69, 9.17) is 9.47 Å². The molecule has 0 amide bonds. The predicted octanol–water partition coefficient (Wildman–Crippen LogP) is 16.7. The van der Waals surface area contributed by atoms with Crippen LogP contribution in [0.5, 0.6) is 23.0 Å². The second-order valence-corrected chi connectivity index (χ2v) is 15.6. The number of benzene rings is 10. The van der Waals surface area contributed by atoms with Crippen LogP contribution in [0, 0.1) is 0 Å². The minimum absolute atomic E-state index is 0.815. The van der Waals surface area contributed by atoms with Crippen LogP contribution in [0.3, 0.4) is 0 Å². The third kappa shape index (κ3) is 5.92. The Morgan fingerprint density at radius 1 is 0.242 bits per heavy atom. The lowest BCUT2D eigenvalue weighted by Gasteiger charge is -2.31. The Hall–Kier alpha value is -8.34. The fraction of sp³-hybridized carbons (Fsp3) is 0. The second-order valence-electron chi connectivity index (χ2n) is 15.6. The first kappa shape index (κ1) is 35.6. The highest BCUT2D eigenvalue weighted by atomic mass is 16.5. The number of anilines is 6. The molecule has 292 valence electrons. The van der Waals surface area contributed by atoms with Gasteiger partial charge in [-0.1, -0.05) is 133 Å². The quantitative estimate of drug-likeness (QED) is 0.153. The van der Waals surface area contributed by atoms with Gasteiger partial charge in [0.1, 0.15) is 23.0 Å². The molecule has 0 aromatic heterocycles. The van der Waals surface area contributed by atoms with E-state index in [1.54, 1.807) is 0 Å². The van der Waals surface area contributed by atoms with Gasteiger partial charge < -0.3 is 19.3 Å². The van der Waals surface area contributed by atoms with Crippen molar-refractivity contribution >= 4 is 44.9 Å². The van der Waals surface area contributed by atoms with Crippen LogP contribution < -0.4 is 19.3 Å². The maximum absolute atomic E-state index is 6.90. The zero-order chi connectivity index (χ0) is 41.0. The minimum Gasteiger partial charge on any atom is -0.456 e. The minimum atomic E-state index is 0.815. The summed E-state index contributed by atoms with van der Waals surface area (Å²) in [6.45, 7) is 0. The van der Waals surface area contributed by atoms with Gasteiger partial charge in [0.05, 0.1) is 11.4 Å². The number of para-hydroxylation sites is 4. The number of fused-ring (bicyclic) bond motifs is 4. The summed E-state index contributed by atoms with van der Waals surface area (Å²) in [5.41, 5.74) is 15.3. The molecule has 0 saturated carbocycles. The molecule has 2 aliphatic heterocycles. The summed E-state index contributed by atoms with van der Waals surface area (Å²) >= 11 is 0. The van der Waals surface area contributed by atoms with Crippen molar-refractivity contribution in [1.82, 2.24) is 0 Å². The number of rotatable bonds is 8. The lowest BCUT2D eigenvalue weighted by molar-refractivity contribution is 0.480. The Balaban J connectivity index is 0.953. The van der Waals surface area contributed by atoms with Crippen LogP contribution in [0.2, 0.25) is 0 Å². The summed E-state index contributed by atoms with van der Waals surface area (Å²) in [6.07, 6.45) is 0. The Morgan fingerprint density at radius 3 is 1.02 bits per heavy atom. The second kappa shape index (κ2) is 14.7. The van der Waals surface area contributed by atoms with E-state index in [1.807, 2.05) is 0 Å².